The van der Waals surface area contributed by atoms with Crippen LogP contribution in [0.1, 0.15) is 27.2 Å². The fourth-order valence-electron chi connectivity index (χ4n) is 1.37. The van der Waals surface area contributed by atoms with Gasteiger partial charge in [-0.25, -0.2) is 0 Å². The lowest BCUT2D eigenvalue weighted by molar-refractivity contribution is -0.116. The van der Waals surface area contributed by atoms with Gasteiger partial charge in [-0.3, -0.25) is 4.79 Å². The monoisotopic (exact) mass is 314 g/mol. The van der Waals surface area contributed by atoms with E-state index in [-0.39, 0.29) is 17.2 Å². The molecule has 0 heterocycles. The third-order valence-electron chi connectivity index (χ3n) is 2.24. The Hall–Kier alpha value is -1.07. The van der Waals surface area contributed by atoms with E-state index in [4.69, 9.17) is 0 Å². The SMILES string of the molecule is CC(C)(C)NCCC(=O)Nc1cc(Br)ccc1O. The van der Waals surface area contributed by atoms with Crippen LogP contribution >= 0.6 is 15.9 Å². The molecule has 0 spiro atoms. The number of phenolic OH excluding ortho intramolecular Hbond substituents is 1. The molecule has 1 amide bonds. The second kappa shape index (κ2) is 6.20. The van der Waals surface area contributed by atoms with Crippen molar-refractivity contribution in [3.8, 4) is 5.75 Å². The molecule has 4 nitrogen and oxygen atoms in total. The lowest BCUT2D eigenvalue weighted by Crippen LogP contribution is -2.37. The second-order valence-electron chi connectivity index (χ2n) is 5.14. The van der Waals surface area contributed by atoms with Gasteiger partial charge >= 0.3 is 0 Å². The largest absolute Gasteiger partial charge is 0.506 e. The summed E-state index contributed by atoms with van der Waals surface area (Å²) < 4.78 is 0.809. The minimum absolute atomic E-state index is 0.00179. The van der Waals surface area contributed by atoms with Crippen LogP contribution in [0.5, 0.6) is 5.75 Å². The maximum atomic E-state index is 11.7. The van der Waals surface area contributed by atoms with E-state index in [9.17, 15) is 9.90 Å². The summed E-state index contributed by atoms with van der Waals surface area (Å²) in [6.07, 6.45) is 0.364. The smallest absolute Gasteiger partial charge is 0.225 e. The van der Waals surface area contributed by atoms with Crippen molar-refractivity contribution >= 4 is 27.5 Å². The molecule has 0 aromatic heterocycles. The molecule has 0 atom stereocenters. The van der Waals surface area contributed by atoms with Gasteiger partial charge in [0.25, 0.3) is 0 Å². The van der Waals surface area contributed by atoms with E-state index in [0.717, 1.165) is 4.47 Å². The Morgan fingerprint density at radius 1 is 1.39 bits per heavy atom. The van der Waals surface area contributed by atoms with E-state index >= 15 is 0 Å². The maximum absolute atomic E-state index is 11.7. The topological polar surface area (TPSA) is 61.4 Å². The van der Waals surface area contributed by atoms with Gasteiger partial charge in [0.2, 0.25) is 5.91 Å². The molecule has 0 aliphatic carbocycles. The number of nitrogens with one attached hydrogen (secondary N) is 2. The molecule has 0 saturated carbocycles. The molecule has 0 saturated heterocycles. The first kappa shape index (κ1) is 15.0. The summed E-state index contributed by atoms with van der Waals surface area (Å²) in [6, 6.07) is 4.92. The van der Waals surface area contributed by atoms with Gasteiger partial charge < -0.3 is 15.7 Å². The third kappa shape index (κ3) is 5.51. The zero-order valence-corrected chi connectivity index (χ0v) is 12.5. The van der Waals surface area contributed by atoms with E-state index in [0.29, 0.717) is 18.7 Å². The number of phenols is 1. The predicted octanol–water partition coefficient (Wildman–Crippen LogP) is 2.87. The number of carbonyl (C=O) groups excluding carboxylic acids is 1. The van der Waals surface area contributed by atoms with Crippen molar-refractivity contribution in [1.29, 1.82) is 0 Å². The van der Waals surface area contributed by atoms with E-state index < -0.39 is 0 Å². The summed E-state index contributed by atoms with van der Waals surface area (Å²) in [4.78, 5) is 11.7. The standard InChI is InChI=1S/C13H19BrN2O2/c1-13(2,3)15-7-6-12(18)16-10-8-9(14)4-5-11(10)17/h4-5,8,15,17H,6-7H2,1-3H3,(H,16,18). The quantitative estimate of drug-likeness (QED) is 0.749. The zero-order valence-electron chi connectivity index (χ0n) is 10.9. The molecule has 5 heteroatoms. The Kier molecular flexibility index (Phi) is 5.16. The number of anilines is 1. The van der Waals surface area contributed by atoms with Gasteiger partial charge in [0.1, 0.15) is 5.75 Å². The van der Waals surface area contributed by atoms with Crippen LogP contribution in [0, 0.1) is 0 Å². The molecule has 0 radical (unpaired) electrons. The second-order valence-corrected chi connectivity index (χ2v) is 6.05. The Morgan fingerprint density at radius 2 is 2.06 bits per heavy atom. The number of hydrogen-bond donors (Lipinski definition) is 3. The first-order chi connectivity index (χ1) is 8.28. The minimum Gasteiger partial charge on any atom is -0.506 e. The molecule has 1 aromatic carbocycles. The van der Waals surface area contributed by atoms with Crippen LogP contribution in [0.4, 0.5) is 5.69 Å². The van der Waals surface area contributed by atoms with Crippen LogP contribution in [0.2, 0.25) is 0 Å². The Bertz CT molecular complexity index is 427. The van der Waals surface area contributed by atoms with Gasteiger partial charge in [-0.2, -0.15) is 0 Å². The van der Waals surface area contributed by atoms with Crippen LogP contribution in [0.3, 0.4) is 0 Å². The first-order valence-electron chi connectivity index (χ1n) is 5.81. The number of amides is 1. The van der Waals surface area contributed by atoms with Crippen molar-refractivity contribution in [2.24, 2.45) is 0 Å². The molecular weight excluding hydrogens is 296 g/mol. The molecule has 1 aromatic rings. The Balaban J connectivity index is 2.47. The molecule has 100 valence electrons. The average Bonchev–Trinajstić information content (AvgIpc) is 2.21. The van der Waals surface area contributed by atoms with E-state index in [2.05, 4.69) is 26.6 Å². The molecule has 0 aliphatic heterocycles. The van der Waals surface area contributed by atoms with Crippen LogP contribution in [-0.4, -0.2) is 23.1 Å². The van der Waals surface area contributed by atoms with Crippen LogP contribution < -0.4 is 10.6 Å². The van der Waals surface area contributed by atoms with Crippen molar-refractivity contribution in [3.05, 3.63) is 22.7 Å². The number of benzene rings is 1. The molecule has 0 aliphatic rings. The molecule has 0 unspecified atom stereocenters. The van der Waals surface area contributed by atoms with Crippen LogP contribution in [-0.2, 0) is 4.79 Å². The van der Waals surface area contributed by atoms with Crippen molar-refractivity contribution in [2.45, 2.75) is 32.7 Å². The molecule has 0 fully saturated rings. The van der Waals surface area contributed by atoms with E-state index in [1.54, 1.807) is 12.1 Å². The van der Waals surface area contributed by atoms with E-state index in [1.807, 2.05) is 20.8 Å². The number of rotatable bonds is 4. The maximum Gasteiger partial charge on any atom is 0.225 e. The first-order valence-corrected chi connectivity index (χ1v) is 6.60. The van der Waals surface area contributed by atoms with Gasteiger partial charge in [-0.05, 0) is 39.0 Å². The normalized spacial score (nSPS) is 11.3. The molecule has 0 bridgehead atoms. The summed E-state index contributed by atoms with van der Waals surface area (Å²) in [6.45, 7) is 6.74. The predicted molar refractivity (Wildman–Crippen MR) is 76.8 cm³/mol. The fourth-order valence-corrected chi connectivity index (χ4v) is 1.73. The van der Waals surface area contributed by atoms with Crippen LogP contribution in [0.15, 0.2) is 22.7 Å². The number of carbonyl (C=O) groups is 1. The van der Waals surface area contributed by atoms with Gasteiger partial charge in [0, 0.05) is 23.0 Å². The Labute approximate surface area is 116 Å². The molecule has 1 rings (SSSR count). The molecule has 18 heavy (non-hydrogen) atoms. The summed E-state index contributed by atoms with van der Waals surface area (Å²) in [5.41, 5.74) is 0.420. The van der Waals surface area contributed by atoms with Crippen molar-refractivity contribution in [3.63, 3.8) is 0 Å². The molecule has 3 N–H and O–H groups in total. The average molecular weight is 315 g/mol. The number of hydrogen-bond acceptors (Lipinski definition) is 3. The van der Waals surface area contributed by atoms with Gasteiger partial charge in [0.05, 0.1) is 5.69 Å². The highest BCUT2D eigenvalue weighted by molar-refractivity contribution is 9.10. The zero-order chi connectivity index (χ0) is 13.8. The van der Waals surface area contributed by atoms with E-state index in [1.165, 1.54) is 6.07 Å². The lowest BCUT2D eigenvalue weighted by Gasteiger charge is -2.20. The van der Waals surface area contributed by atoms with Gasteiger partial charge in [-0.15, -0.1) is 0 Å². The van der Waals surface area contributed by atoms with Gasteiger partial charge in [-0.1, -0.05) is 15.9 Å². The summed E-state index contributed by atoms with van der Waals surface area (Å²) >= 11 is 3.29. The number of halogens is 1. The highest BCUT2D eigenvalue weighted by Crippen LogP contribution is 2.26. The summed E-state index contributed by atoms with van der Waals surface area (Å²) in [7, 11) is 0. The highest BCUT2D eigenvalue weighted by Gasteiger charge is 2.10. The fraction of sp³-hybridized carbons (Fsp3) is 0.462. The van der Waals surface area contributed by atoms with Crippen LogP contribution in [0.25, 0.3) is 0 Å². The third-order valence-corrected chi connectivity index (χ3v) is 2.73. The van der Waals surface area contributed by atoms with Crippen molar-refractivity contribution in [1.82, 2.24) is 5.32 Å². The highest BCUT2D eigenvalue weighted by atomic mass is 79.9. The Morgan fingerprint density at radius 3 is 2.67 bits per heavy atom. The summed E-state index contributed by atoms with van der Waals surface area (Å²) in [5, 5.41) is 15.5. The number of aromatic hydroxyl groups is 1. The minimum atomic E-state index is -0.125. The lowest BCUT2D eigenvalue weighted by atomic mass is 10.1. The van der Waals surface area contributed by atoms with Gasteiger partial charge in [0.15, 0.2) is 0 Å². The van der Waals surface area contributed by atoms with Crippen molar-refractivity contribution < 1.29 is 9.90 Å². The van der Waals surface area contributed by atoms with Crippen molar-refractivity contribution in [2.75, 3.05) is 11.9 Å². The summed E-state index contributed by atoms with van der Waals surface area (Å²) in [5.74, 6) is -0.0597. The molecular formula is C13H19BrN2O2.